The van der Waals surface area contributed by atoms with Crippen LogP contribution in [0.1, 0.15) is 36.1 Å². The summed E-state index contributed by atoms with van der Waals surface area (Å²) in [5.41, 5.74) is 1.44. The Kier molecular flexibility index (Phi) is 7.77. The van der Waals surface area contributed by atoms with E-state index in [0.717, 1.165) is 45.3 Å². The fourth-order valence-electron chi connectivity index (χ4n) is 5.06. The standard InChI is InChI=1S/C33H34O5/c1-32(23-7-15-27(35-3)16-8-23,24-9-17-28(36-4)18-10-24)31(34)33(2,25-11-19-29(37-5)20-12-25)26-13-21-30(38-6)22-14-26/h7-22H,1-6H3. The Morgan fingerprint density at radius 3 is 0.763 bits per heavy atom. The van der Waals surface area contributed by atoms with Gasteiger partial charge in [-0.05, 0) is 84.6 Å². The first-order valence-corrected chi connectivity index (χ1v) is 12.4. The first kappa shape index (κ1) is 26.8. The van der Waals surface area contributed by atoms with Gasteiger partial charge in [-0.1, -0.05) is 48.5 Å². The van der Waals surface area contributed by atoms with Crippen LogP contribution < -0.4 is 18.9 Å². The number of ketones is 1. The molecule has 0 aliphatic heterocycles. The summed E-state index contributed by atoms with van der Waals surface area (Å²) in [5.74, 6) is 2.94. The molecule has 0 aliphatic rings. The summed E-state index contributed by atoms with van der Waals surface area (Å²) in [6, 6.07) is 30.8. The molecule has 0 N–H and O–H groups in total. The number of hydrogen-bond donors (Lipinski definition) is 0. The van der Waals surface area contributed by atoms with Crippen LogP contribution in [-0.2, 0) is 15.6 Å². The summed E-state index contributed by atoms with van der Waals surface area (Å²) in [5, 5.41) is 0. The third-order valence-electron chi connectivity index (χ3n) is 7.58. The number of carbonyl (C=O) groups is 1. The third-order valence-corrected chi connectivity index (χ3v) is 7.58. The largest absolute Gasteiger partial charge is 0.497 e. The average molecular weight is 511 g/mol. The molecule has 38 heavy (non-hydrogen) atoms. The van der Waals surface area contributed by atoms with Crippen molar-refractivity contribution in [1.29, 1.82) is 0 Å². The maximum atomic E-state index is 15.2. The SMILES string of the molecule is COc1ccc(C(C)(C(=O)C(C)(c2ccc(OC)cc2)c2ccc(OC)cc2)c2ccc(OC)cc2)cc1. The molecular formula is C33H34O5. The molecule has 4 aromatic rings. The number of carbonyl (C=O) groups excluding carboxylic acids is 1. The maximum Gasteiger partial charge on any atom is 0.162 e. The van der Waals surface area contributed by atoms with E-state index in [1.165, 1.54) is 0 Å². The van der Waals surface area contributed by atoms with Crippen molar-refractivity contribution in [2.75, 3.05) is 28.4 Å². The van der Waals surface area contributed by atoms with Crippen LogP contribution in [0.4, 0.5) is 0 Å². The fraction of sp³-hybridized carbons (Fsp3) is 0.242. The minimum Gasteiger partial charge on any atom is -0.497 e. The third kappa shape index (κ3) is 4.72. The van der Waals surface area contributed by atoms with Crippen molar-refractivity contribution in [2.24, 2.45) is 0 Å². The summed E-state index contributed by atoms with van der Waals surface area (Å²) in [7, 11) is 6.53. The normalized spacial score (nSPS) is 11.5. The van der Waals surface area contributed by atoms with Gasteiger partial charge in [-0.3, -0.25) is 4.79 Å². The van der Waals surface area contributed by atoms with Gasteiger partial charge in [-0.15, -0.1) is 0 Å². The molecule has 0 saturated heterocycles. The summed E-state index contributed by atoms with van der Waals surface area (Å²) in [4.78, 5) is 15.2. The van der Waals surface area contributed by atoms with Gasteiger partial charge in [0.2, 0.25) is 0 Å². The minimum atomic E-state index is -1.01. The summed E-state index contributed by atoms with van der Waals surface area (Å²) < 4.78 is 21.6. The zero-order chi connectivity index (χ0) is 27.3. The molecule has 0 amide bonds. The van der Waals surface area contributed by atoms with Gasteiger partial charge in [0.05, 0.1) is 39.3 Å². The molecule has 0 spiro atoms. The second-order valence-corrected chi connectivity index (χ2v) is 9.49. The zero-order valence-electron chi connectivity index (χ0n) is 22.8. The van der Waals surface area contributed by atoms with Gasteiger partial charge in [0.15, 0.2) is 5.78 Å². The predicted octanol–water partition coefficient (Wildman–Crippen LogP) is 6.60. The molecule has 0 fully saturated rings. The van der Waals surface area contributed by atoms with E-state index in [2.05, 4.69) is 0 Å². The number of hydrogen-bond acceptors (Lipinski definition) is 5. The number of benzene rings is 4. The van der Waals surface area contributed by atoms with Gasteiger partial charge in [0.1, 0.15) is 23.0 Å². The Labute approximate surface area is 225 Å². The maximum absolute atomic E-state index is 15.2. The van der Waals surface area contributed by atoms with Crippen molar-refractivity contribution in [3.63, 3.8) is 0 Å². The van der Waals surface area contributed by atoms with E-state index >= 15 is 4.79 Å². The van der Waals surface area contributed by atoms with Crippen LogP contribution in [0, 0.1) is 0 Å². The van der Waals surface area contributed by atoms with Crippen molar-refractivity contribution in [1.82, 2.24) is 0 Å². The van der Waals surface area contributed by atoms with Gasteiger partial charge >= 0.3 is 0 Å². The van der Waals surface area contributed by atoms with E-state index in [1.807, 2.05) is 111 Å². The number of methoxy groups -OCH3 is 4. The molecule has 0 heterocycles. The molecule has 0 atom stereocenters. The van der Waals surface area contributed by atoms with Gasteiger partial charge in [0, 0.05) is 0 Å². The van der Waals surface area contributed by atoms with Crippen molar-refractivity contribution in [2.45, 2.75) is 24.7 Å². The summed E-state index contributed by atoms with van der Waals surface area (Å²) >= 11 is 0. The predicted molar refractivity (Wildman–Crippen MR) is 150 cm³/mol. The smallest absolute Gasteiger partial charge is 0.162 e. The molecule has 4 rings (SSSR count). The van der Waals surface area contributed by atoms with Crippen molar-refractivity contribution < 1.29 is 23.7 Å². The molecule has 0 saturated carbocycles. The van der Waals surface area contributed by atoms with E-state index < -0.39 is 10.8 Å². The average Bonchev–Trinajstić information content (AvgIpc) is 3.00. The molecule has 0 radical (unpaired) electrons. The number of ether oxygens (including phenoxy) is 4. The Bertz CT molecular complexity index is 1150. The lowest BCUT2D eigenvalue weighted by molar-refractivity contribution is -0.126. The van der Waals surface area contributed by atoms with Crippen LogP contribution in [-0.4, -0.2) is 34.2 Å². The van der Waals surface area contributed by atoms with Crippen molar-refractivity contribution >= 4 is 5.78 Å². The van der Waals surface area contributed by atoms with E-state index in [0.29, 0.717) is 0 Å². The van der Waals surface area contributed by atoms with E-state index in [-0.39, 0.29) is 5.78 Å². The van der Waals surface area contributed by atoms with Crippen molar-refractivity contribution in [3.05, 3.63) is 119 Å². The highest BCUT2D eigenvalue weighted by atomic mass is 16.5. The van der Waals surface area contributed by atoms with Crippen LogP contribution in [0.15, 0.2) is 97.1 Å². The molecule has 0 aromatic heterocycles. The molecule has 0 bridgehead atoms. The number of Topliss-reactive ketones (excluding diaryl/α,β-unsaturated/α-hetero) is 1. The second kappa shape index (κ2) is 11.0. The Hall–Kier alpha value is -4.25. The Morgan fingerprint density at radius 1 is 0.421 bits per heavy atom. The summed E-state index contributed by atoms with van der Waals surface area (Å²) in [6.07, 6.45) is 0. The lowest BCUT2D eigenvalue weighted by atomic mass is 9.60. The van der Waals surface area contributed by atoms with Crippen LogP contribution >= 0.6 is 0 Å². The highest BCUT2D eigenvalue weighted by Gasteiger charge is 2.49. The molecule has 5 heteroatoms. The molecule has 4 aromatic carbocycles. The first-order chi connectivity index (χ1) is 18.3. The van der Waals surface area contributed by atoms with Gasteiger partial charge < -0.3 is 18.9 Å². The minimum absolute atomic E-state index is 0.0238. The summed E-state index contributed by atoms with van der Waals surface area (Å²) in [6.45, 7) is 3.98. The fourth-order valence-corrected chi connectivity index (χ4v) is 5.06. The highest BCUT2D eigenvalue weighted by Crippen LogP contribution is 2.45. The monoisotopic (exact) mass is 510 g/mol. The van der Waals surface area contributed by atoms with Gasteiger partial charge in [-0.25, -0.2) is 0 Å². The lowest BCUT2D eigenvalue weighted by Crippen LogP contribution is -2.47. The van der Waals surface area contributed by atoms with Crippen molar-refractivity contribution in [3.8, 4) is 23.0 Å². The van der Waals surface area contributed by atoms with Crippen LogP contribution in [0.5, 0.6) is 23.0 Å². The Balaban J connectivity index is 1.97. The van der Waals surface area contributed by atoms with E-state index in [4.69, 9.17) is 18.9 Å². The van der Waals surface area contributed by atoms with E-state index in [1.54, 1.807) is 28.4 Å². The van der Waals surface area contributed by atoms with Crippen LogP contribution in [0.25, 0.3) is 0 Å². The highest BCUT2D eigenvalue weighted by molar-refractivity contribution is 6.03. The lowest BCUT2D eigenvalue weighted by Gasteiger charge is -2.40. The van der Waals surface area contributed by atoms with E-state index in [9.17, 15) is 0 Å². The molecule has 5 nitrogen and oxygen atoms in total. The quantitative estimate of drug-likeness (QED) is 0.241. The molecular weight excluding hydrogens is 476 g/mol. The van der Waals surface area contributed by atoms with Gasteiger partial charge in [-0.2, -0.15) is 0 Å². The molecule has 0 aliphatic carbocycles. The molecule has 196 valence electrons. The van der Waals surface area contributed by atoms with Gasteiger partial charge in [0.25, 0.3) is 0 Å². The first-order valence-electron chi connectivity index (χ1n) is 12.4. The zero-order valence-corrected chi connectivity index (χ0v) is 22.8. The number of rotatable bonds is 10. The topological polar surface area (TPSA) is 54.0 Å². The van der Waals surface area contributed by atoms with Crippen LogP contribution in [0.2, 0.25) is 0 Å². The Morgan fingerprint density at radius 2 is 0.605 bits per heavy atom. The molecule has 0 unspecified atom stereocenters. The second-order valence-electron chi connectivity index (χ2n) is 9.49. The van der Waals surface area contributed by atoms with Crippen LogP contribution in [0.3, 0.4) is 0 Å².